The van der Waals surface area contributed by atoms with Gasteiger partial charge in [-0.1, -0.05) is 24.3 Å². The maximum atomic E-state index is 13.5. The molecule has 0 amide bonds. The first kappa shape index (κ1) is 17.4. The number of fused-ring (bicyclic) bond motifs is 2. The summed E-state index contributed by atoms with van der Waals surface area (Å²) >= 11 is 0. The number of benzene rings is 2. The minimum atomic E-state index is -4.69. The van der Waals surface area contributed by atoms with Crippen LogP contribution in [0.4, 0.5) is 24.5 Å². The van der Waals surface area contributed by atoms with Gasteiger partial charge in [0, 0.05) is 34.6 Å². The van der Waals surface area contributed by atoms with Gasteiger partial charge in [0.1, 0.15) is 11.3 Å². The molecule has 1 unspecified atom stereocenters. The molecule has 2 aromatic carbocycles. The highest BCUT2D eigenvalue weighted by atomic mass is 19.4. The zero-order valence-corrected chi connectivity index (χ0v) is 14.8. The monoisotopic (exact) mass is 394 g/mol. The molecular weight excluding hydrogens is 381 g/mol. The van der Waals surface area contributed by atoms with Crippen molar-refractivity contribution in [3.8, 4) is 11.1 Å². The van der Waals surface area contributed by atoms with Crippen LogP contribution >= 0.6 is 0 Å². The molecule has 0 fully saturated rings. The fraction of sp³-hybridized carbons (Fsp3) is 0.0952. The number of hydrogen-bond acceptors (Lipinski definition) is 4. The summed E-state index contributed by atoms with van der Waals surface area (Å²) in [6, 6.07) is 12.5. The number of nitroso groups, excluding NO2 is 1. The summed E-state index contributed by atoms with van der Waals surface area (Å²) in [6.45, 7) is 0. The van der Waals surface area contributed by atoms with Crippen LogP contribution in [0.1, 0.15) is 22.7 Å². The Labute approximate surface area is 162 Å². The lowest BCUT2D eigenvalue weighted by atomic mass is 9.95. The highest BCUT2D eigenvalue weighted by Gasteiger charge is 2.36. The number of aromatic nitrogens is 2. The van der Waals surface area contributed by atoms with E-state index in [1.165, 1.54) is 6.07 Å². The summed E-state index contributed by atoms with van der Waals surface area (Å²) in [4.78, 5) is 18.3. The average molecular weight is 394 g/mol. The molecule has 0 saturated heterocycles. The van der Waals surface area contributed by atoms with Crippen molar-refractivity contribution in [2.75, 3.05) is 5.32 Å². The molecule has 4 aromatic rings. The number of pyridine rings is 1. The summed E-state index contributed by atoms with van der Waals surface area (Å²) in [5, 5.41) is 6.75. The van der Waals surface area contributed by atoms with Crippen molar-refractivity contribution >= 4 is 22.4 Å². The zero-order valence-electron chi connectivity index (χ0n) is 14.8. The van der Waals surface area contributed by atoms with Gasteiger partial charge >= 0.3 is 6.18 Å². The second kappa shape index (κ2) is 6.16. The van der Waals surface area contributed by atoms with Gasteiger partial charge in [-0.3, -0.25) is 0 Å². The number of nitrogens with one attached hydrogen (secondary N) is 2. The average Bonchev–Trinajstić information content (AvgIpc) is 3.09. The van der Waals surface area contributed by atoms with Crippen LogP contribution in [0.2, 0.25) is 0 Å². The van der Waals surface area contributed by atoms with Crippen LogP contribution in [0, 0.1) is 4.91 Å². The fourth-order valence-corrected chi connectivity index (χ4v) is 3.91. The van der Waals surface area contributed by atoms with E-state index in [0.29, 0.717) is 11.2 Å². The van der Waals surface area contributed by atoms with E-state index in [0.717, 1.165) is 39.9 Å². The molecule has 8 heteroatoms. The Bertz CT molecular complexity index is 1260. The quantitative estimate of drug-likeness (QED) is 0.400. The zero-order chi connectivity index (χ0) is 20.2. The molecule has 2 N–H and O–H groups in total. The number of H-pyrrole nitrogens is 1. The molecule has 0 radical (unpaired) electrons. The topological polar surface area (TPSA) is 70.1 Å². The van der Waals surface area contributed by atoms with Gasteiger partial charge in [-0.2, -0.15) is 13.2 Å². The molecule has 1 atom stereocenters. The molecule has 0 saturated carbocycles. The van der Waals surface area contributed by atoms with Gasteiger partial charge in [0.15, 0.2) is 0 Å². The SMILES string of the molecule is O=Nc1ccc(C2Nc3ccccc3-c3ccnc4[nH]cc2c34)cc1C(F)(F)F. The number of nitrogens with zero attached hydrogens (tertiary/aromatic N) is 2. The molecule has 144 valence electrons. The predicted molar refractivity (Wildman–Crippen MR) is 104 cm³/mol. The Kier molecular flexibility index (Phi) is 3.70. The standard InChI is InChI=1S/C21H13F3N4O/c22-21(23,24)15-9-11(5-6-17(15)28-29)19-14-10-26-20-18(14)13(7-8-25-20)12-3-1-2-4-16(12)27-19/h1-10,19,27H,(H,25,26). The lowest BCUT2D eigenvalue weighted by molar-refractivity contribution is -0.137. The van der Waals surface area contributed by atoms with Crippen LogP contribution < -0.4 is 5.32 Å². The molecular formula is C21H13F3N4O. The van der Waals surface area contributed by atoms with E-state index in [1.54, 1.807) is 12.4 Å². The molecule has 2 aromatic heterocycles. The normalized spacial score (nSPS) is 15.5. The Morgan fingerprint density at radius 3 is 2.66 bits per heavy atom. The van der Waals surface area contributed by atoms with E-state index < -0.39 is 23.5 Å². The smallest absolute Gasteiger partial charge is 0.374 e. The van der Waals surface area contributed by atoms with Crippen molar-refractivity contribution in [2.24, 2.45) is 5.18 Å². The summed E-state index contributed by atoms with van der Waals surface area (Å²) in [5.74, 6) is 0. The van der Waals surface area contributed by atoms with Gasteiger partial charge in [-0.05, 0) is 40.6 Å². The van der Waals surface area contributed by atoms with E-state index in [-0.39, 0.29) is 0 Å². The van der Waals surface area contributed by atoms with E-state index in [2.05, 4.69) is 20.5 Å². The Balaban J connectivity index is 1.78. The summed E-state index contributed by atoms with van der Waals surface area (Å²) in [5.41, 5.74) is 2.80. The highest BCUT2D eigenvalue weighted by Crippen LogP contribution is 2.45. The third-order valence-corrected chi connectivity index (χ3v) is 5.19. The van der Waals surface area contributed by atoms with Gasteiger partial charge in [-0.25, -0.2) is 4.98 Å². The maximum Gasteiger partial charge on any atom is 0.418 e. The third-order valence-electron chi connectivity index (χ3n) is 5.19. The molecule has 29 heavy (non-hydrogen) atoms. The number of alkyl halides is 3. The fourth-order valence-electron chi connectivity index (χ4n) is 3.91. The first-order valence-corrected chi connectivity index (χ1v) is 8.84. The minimum absolute atomic E-state index is 0.372. The van der Waals surface area contributed by atoms with E-state index >= 15 is 0 Å². The third kappa shape index (κ3) is 2.67. The van der Waals surface area contributed by atoms with Crippen molar-refractivity contribution in [2.45, 2.75) is 12.2 Å². The molecule has 0 aliphatic carbocycles. The van der Waals surface area contributed by atoms with Crippen LogP contribution in [-0.4, -0.2) is 9.97 Å². The Morgan fingerprint density at radius 2 is 1.86 bits per heavy atom. The van der Waals surface area contributed by atoms with Gasteiger partial charge in [0.2, 0.25) is 0 Å². The van der Waals surface area contributed by atoms with E-state index in [1.807, 2.05) is 30.3 Å². The number of aromatic amines is 1. The second-order valence-corrected chi connectivity index (χ2v) is 6.81. The number of halogens is 3. The largest absolute Gasteiger partial charge is 0.418 e. The van der Waals surface area contributed by atoms with Crippen molar-refractivity contribution < 1.29 is 13.2 Å². The molecule has 3 heterocycles. The van der Waals surface area contributed by atoms with Gasteiger partial charge in [-0.15, -0.1) is 4.91 Å². The highest BCUT2D eigenvalue weighted by molar-refractivity contribution is 6.01. The lowest BCUT2D eigenvalue weighted by Gasteiger charge is -2.21. The first-order chi connectivity index (χ1) is 14.0. The predicted octanol–water partition coefficient (Wildman–Crippen LogP) is 6.16. The Morgan fingerprint density at radius 1 is 1.03 bits per heavy atom. The molecule has 0 spiro atoms. The Hall–Kier alpha value is -3.68. The number of hydrogen-bond donors (Lipinski definition) is 2. The van der Waals surface area contributed by atoms with Crippen LogP contribution in [0.5, 0.6) is 0 Å². The number of rotatable bonds is 2. The van der Waals surface area contributed by atoms with Gasteiger partial charge in [0.05, 0.1) is 11.6 Å². The van der Waals surface area contributed by atoms with Gasteiger partial charge < -0.3 is 10.3 Å². The first-order valence-electron chi connectivity index (χ1n) is 8.84. The van der Waals surface area contributed by atoms with Crippen LogP contribution in [0.15, 0.2) is 66.1 Å². The molecule has 5 rings (SSSR count). The summed E-state index contributed by atoms with van der Waals surface area (Å²) in [7, 11) is 0. The maximum absolute atomic E-state index is 13.5. The second-order valence-electron chi connectivity index (χ2n) is 6.81. The summed E-state index contributed by atoms with van der Waals surface area (Å²) in [6.07, 6.45) is -1.24. The molecule has 1 aliphatic rings. The van der Waals surface area contributed by atoms with Crippen molar-refractivity contribution in [3.63, 3.8) is 0 Å². The number of para-hydroxylation sites is 1. The number of anilines is 1. The van der Waals surface area contributed by atoms with Gasteiger partial charge in [0.25, 0.3) is 0 Å². The van der Waals surface area contributed by atoms with E-state index in [4.69, 9.17) is 0 Å². The summed E-state index contributed by atoms with van der Waals surface area (Å²) < 4.78 is 40.4. The van der Waals surface area contributed by atoms with Crippen molar-refractivity contribution in [1.29, 1.82) is 0 Å². The van der Waals surface area contributed by atoms with Crippen molar-refractivity contribution in [3.05, 3.63) is 82.5 Å². The van der Waals surface area contributed by atoms with Crippen LogP contribution in [-0.2, 0) is 6.18 Å². The van der Waals surface area contributed by atoms with Crippen molar-refractivity contribution in [1.82, 2.24) is 9.97 Å². The van der Waals surface area contributed by atoms with Crippen LogP contribution in [0.3, 0.4) is 0 Å². The lowest BCUT2D eigenvalue weighted by Crippen LogP contribution is -2.13. The molecule has 1 aliphatic heterocycles. The molecule has 5 nitrogen and oxygen atoms in total. The minimum Gasteiger partial charge on any atom is -0.374 e. The van der Waals surface area contributed by atoms with Crippen LogP contribution in [0.25, 0.3) is 22.2 Å². The molecule has 0 bridgehead atoms. The van der Waals surface area contributed by atoms with E-state index in [9.17, 15) is 18.1 Å².